The predicted molar refractivity (Wildman–Crippen MR) is 52.9 cm³/mol. The van der Waals surface area contributed by atoms with Crippen molar-refractivity contribution >= 4 is 30.1 Å². The number of thioether (sulfide) groups is 1. The van der Waals surface area contributed by atoms with Crippen LogP contribution in [-0.4, -0.2) is 12.3 Å². The van der Waals surface area contributed by atoms with Crippen molar-refractivity contribution < 1.29 is 0 Å². The van der Waals surface area contributed by atoms with E-state index in [1.54, 1.807) is 0 Å². The highest BCUT2D eigenvalue weighted by atomic mass is 32.2. The van der Waals surface area contributed by atoms with Crippen molar-refractivity contribution in [3.63, 3.8) is 0 Å². The molecular weight excluding hydrogens is 174 g/mol. The zero-order valence-electron chi connectivity index (χ0n) is 6.00. The molecule has 58 valence electrons. The van der Waals surface area contributed by atoms with E-state index < -0.39 is 0 Å². The molecule has 0 fully saturated rings. The lowest BCUT2D eigenvalue weighted by atomic mass is 10.3. The summed E-state index contributed by atoms with van der Waals surface area (Å²) in [7, 11) is 0. The maximum absolute atomic E-state index is 4.28. The number of hydrogen-bond donors (Lipinski definition) is 2. The standard InChI is InChI=1S/C8H9NS2/c10-6-1-2-7-8(5-6)11-4-3-9-7/h1-2,5,9-10H,3-4H2. The summed E-state index contributed by atoms with van der Waals surface area (Å²) >= 11 is 6.17. The Morgan fingerprint density at radius 2 is 2.36 bits per heavy atom. The van der Waals surface area contributed by atoms with Gasteiger partial charge in [0, 0.05) is 27.8 Å². The molecule has 1 aliphatic heterocycles. The van der Waals surface area contributed by atoms with E-state index in [2.05, 4.69) is 30.1 Å². The molecule has 1 nitrogen and oxygen atoms in total. The quantitative estimate of drug-likeness (QED) is 0.599. The van der Waals surface area contributed by atoms with Gasteiger partial charge in [-0.15, -0.1) is 24.4 Å². The van der Waals surface area contributed by atoms with Crippen LogP contribution in [0.2, 0.25) is 0 Å². The van der Waals surface area contributed by atoms with Gasteiger partial charge in [-0.3, -0.25) is 0 Å². The summed E-state index contributed by atoms with van der Waals surface area (Å²) in [6, 6.07) is 6.21. The Balaban J connectivity index is 2.43. The number of thiol groups is 1. The molecular formula is C8H9NS2. The van der Waals surface area contributed by atoms with E-state index >= 15 is 0 Å². The molecule has 0 saturated heterocycles. The van der Waals surface area contributed by atoms with Gasteiger partial charge in [-0.1, -0.05) is 0 Å². The van der Waals surface area contributed by atoms with Crippen LogP contribution < -0.4 is 5.32 Å². The summed E-state index contributed by atoms with van der Waals surface area (Å²) in [6.07, 6.45) is 0. The summed E-state index contributed by atoms with van der Waals surface area (Å²) in [5.74, 6) is 1.16. The van der Waals surface area contributed by atoms with E-state index in [9.17, 15) is 0 Å². The van der Waals surface area contributed by atoms with Crippen LogP contribution in [0, 0.1) is 0 Å². The number of rotatable bonds is 0. The highest BCUT2D eigenvalue weighted by Crippen LogP contribution is 2.32. The highest BCUT2D eigenvalue weighted by Gasteiger charge is 2.07. The first-order valence-electron chi connectivity index (χ1n) is 3.56. The minimum Gasteiger partial charge on any atom is -0.383 e. The Morgan fingerprint density at radius 3 is 3.27 bits per heavy atom. The molecule has 1 heterocycles. The molecule has 0 saturated carbocycles. The molecule has 0 bridgehead atoms. The van der Waals surface area contributed by atoms with Gasteiger partial charge < -0.3 is 5.32 Å². The molecule has 0 unspecified atom stereocenters. The minimum absolute atomic E-state index is 1.04. The van der Waals surface area contributed by atoms with Crippen LogP contribution in [0.1, 0.15) is 0 Å². The van der Waals surface area contributed by atoms with Crippen molar-refractivity contribution in [2.24, 2.45) is 0 Å². The van der Waals surface area contributed by atoms with Gasteiger partial charge in [0.25, 0.3) is 0 Å². The molecule has 1 N–H and O–H groups in total. The third-order valence-electron chi connectivity index (χ3n) is 1.64. The molecule has 1 aromatic rings. The Kier molecular flexibility index (Phi) is 2.00. The zero-order valence-corrected chi connectivity index (χ0v) is 7.71. The van der Waals surface area contributed by atoms with Gasteiger partial charge in [0.05, 0.1) is 0 Å². The summed E-state index contributed by atoms with van der Waals surface area (Å²) in [6.45, 7) is 1.07. The Hall–Kier alpha value is -0.280. The lowest BCUT2D eigenvalue weighted by Crippen LogP contribution is -2.09. The fourth-order valence-corrected chi connectivity index (χ4v) is 2.34. The third-order valence-corrected chi connectivity index (χ3v) is 2.98. The van der Waals surface area contributed by atoms with Crippen molar-refractivity contribution in [3.8, 4) is 0 Å². The van der Waals surface area contributed by atoms with Crippen molar-refractivity contribution in [2.75, 3.05) is 17.6 Å². The molecule has 2 rings (SSSR count). The average molecular weight is 183 g/mol. The smallest absolute Gasteiger partial charge is 0.0479 e. The summed E-state index contributed by atoms with van der Waals surface area (Å²) in [5.41, 5.74) is 1.25. The number of hydrogen-bond acceptors (Lipinski definition) is 3. The first kappa shape index (κ1) is 7.37. The lowest BCUT2D eigenvalue weighted by Gasteiger charge is -2.16. The minimum atomic E-state index is 1.04. The van der Waals surface area contributed by atoms with Gasteiger partial charge >= 0.3 is 0 Å². The largest absolute Gasteiger partial charge is 0.383 e. The van der Waals surface area contributed by atoms with Gasteiger partial charge in [0.15, 0.2) is 0 Å². The monoisotopic (exact) mass is 183 g/mol. The molecule has 0 amide bonds. The SMILES string of the molecule is Sc1ccc2c(c1)SCCN2. The van der Waals surface area contributed by atoms with Crippen LogP contribution >= 0.6 is 24.4 Å². The third kappa shape index (κ3) is 1.49. The zero-order chi connectivity index (χ0) is 7.68. The molecule has 0 aromatic heterocycles. The highest BCUT2D eigenvalue weighted by molar-refractivity contribution is 7.99. The maximum atomic E-state index is 4.28. The van der Waals surface area contributed by atoms with Gasteiger partial charge in [0.1, 0.15) is 0 Å². The number of fused-ring (bicyclic) bond motifs is 1. The second kappa shape index (κ2) is 2.99. The fraction of sp³-hybridized carbons (Fsp3) is 0.250. The first-order chi connectivity index (χ1) is 5.36. The van der Waals surface area contributed by atoms with Crippen LogP contribution in [-0.2, 0) is 0 Å². The van der Waals surface area contributed by atoms with Crippen molar-refractivity contribution in [1.82, 2.24) is 0 Å². The topological polar surface area (TPSA) is 12.0 Å². The number of benzene rings is 1. The van der Waals surface area contributed by atoms with E-state index in [0.29, 0.717) is 0 Å². The van der Waals surface area contributed by atoms with Crippen molar-refractivity contribution in [3.05, 3.63) is 18.2 Å². The molecule has 1 aromatic carbocycles. The average Bonchev–Trinajstić information content (AvgIpc) is 2.04. The second-order valence-corrected chi connectivity index (χ2v) is 4.11. The molecule has 3 heteroatoms. The lowest BCUT2D eigenvalue weighted by molar-refractivity contribution is 1.15. The summed E-state index contributed by atoms with van der Waals surface area (Å²) in [4.78, 5) is 2.36. The van der Waals surface area contributed by atoms with E-state index in [1.165, 1.54) is 10.6 Å². The van der Waals surface area contributed by atoms with Crippen LogP contribution in [0.15, 0.2) is 28.0 Å². The summed E-state index contributed by atoms with van der Waals surface area (Å²) < 4.78 is 0. The van der Waals surface area contributed by atoms with Crippen LogP contribution in [0.5, 0.6) is 0 Å². The Morgan fingerprint density at radius 1 is 1.45 bits per heavy atom. The van der Waals surface area contributed by atoms with Gasteiger partial charge in [-0.05, 0) is 18.2 Å². The summed E-state index contributed by atoms with van der Waals surface area (Å²) in [5, 5.41) is 3.34. The van der Waals surface area contributed by atoms with E-state index in [1.807, 2.05) is 17.8 Å². The van der Waals surface area contributed by atoms with Crippen molar-refractivity contribution in [2.45, 2.75) is 9.79 Å². The Labute approximate surface area is 76.0 Å². The maximum Gasteiger partial charge on any atom is 0.0479 e. The van der Waals surface area contributed by atoms with E-state index in [-0.39, 0.29) is 0 Å². The number of nitrogens with one attached hydrogen (secondary N) is 1. The molecule has 0 radical (unpaired) electrons. The Bertz CT molecular complexity index is 273. The first-order valence-corrected chi connectivity index (χ1v) is 4.99. The normalized spacial score (nSPS) is 15.4. The molecule has 0 atom stereocenters. The van der Waals surface area contributed by atoms with E-state index in [4.69, 9.17) is 0 Å². The van der Waals surface area contributed by atoms with Gasteiger partial charge in [0.2, 0.25) is 0 Å². The number of anilines is 1. The van der Waals surface area contributed by atoms with E-state index in [0.717, 1.165) is 17.2 Å². The second-order valence-electron chi connectivity index (χ2n) is 2.46. The molecule has 11 heavy (non-hydrogen) atoms. The molecule has 1 aliphatic rings. The van der Waals surface area contributed by atoms with Gasteiger partial charge in [-0.25, -0.2) is 0 Å². The fourth-order valence-electron chi connectivity index (χ4n) is 1.12. The molecule has 0 aliphatic carbocycles. The van der Waals surface area contributed by atoms with Crippen LogP contribution in [0.25, 0.3) is 0 Å². The van der Waals surface area contributed by atoms with Crippen molar-refractivity contribution in [1.29, 1.82) is 0 Å². The van der Waals surface area contributed by atoms with Gasteiger partial charge in [-0.2, -0.15) is 0 Å². The van der Waals surface area contributed by atoms with Crippen LogP contribution in [0.4, 0.5) is 5.69 Å². The predicted octanol–water partition coefficient (Wildman–Crippen LogP) is 2.49. The van der Waals surface area contributed by atoms with Crippen LogP contribution in [0.3, 0.4) is 0 Å². The molecule has 0 spiro atoms.